The molecule has 2 rings (SSSR count). The molecule has 4 heteroatoms. The average Bonchev–Trinajstić information content (AvgIpc) is 2.74. The average molecular weight is 241 g/mol. The van der Waals surface area contributed by atoms with Gasteiger partial charge in [-0.2, -0.15) is 0 Å². The van der Waals surface area contributed by atoms with E-state index in [1.807, 2.05) is 0 Å². The van der Waals surface area contributed by atoms with Gasteiger partial charge in [0.25, 0.3) is 0 Å². The van der Waals surface area contributed by atoms with Gasteiger partial charge in [0, 0.05) is 6.42 Å². The number of furan rings is 1. The maximum absolute atomic E-state index is 13.2. The normalized spacial score (nSPS) is 12.7. The minimum Gasteiger partial charge on any atom is -0.469 e. The molecular formula is C12H10ClFO2. The summed E-state index contributed by atoms with van der Waals surface area (Å²) in [6, 6.07) is 7.76. The number of hydrogen-bond acceptors (Lipinski definition) is 2. The fraction of sp³-hybridized carbons (Fsp3) is 0.167. The van der Waals surface area contributed by atoms with Crippen molar-refractivity contribution in [1.82, 2.24) is 0 Å². The summed E-state index contributed by atoms with van der Waals surface area (Å²) in [5.41, 5.74) is 0.485. The Morgan fingerprint density at radius 2 is 2.19 bits per heavy atom. The van der Waals surface area contributed by atoms with E-state index >= 15 is 0 Å². The maximum atomic E-state index is 13.2. The van der Waals surface area contributed by atoms with Crippen molar-refractivity contribution in [2.75, 3.05) is 0 Å². The lowest BCUT2D eigenvalue weighted by Crippen LogP contribution is -2.01. The Balaban J connectivity index is 2.14. The van der Waals surface area contributed by atoms with Crippen LogP contribution in [0.2, 0.25) is 5.02 Å². The molecule has 16 heavy (non-hydrogen) atoms. The summed E-state index contributed by atoms with van der Waals surface area (Å²) >= 11 is 5.55. The molecule has 1 unspecified atom stereocenters. The fourth-order valence-corrected chi connectivity index (χ4v) is 1.57. The highest BCUT2D eigenvalue weighted by molar-refractivity contribution is 6.30. The first-order valence-electron chi connectivity index (χ1n) is 4.82. The Morgan fingerprint density at radius 1 is 1.38 bits per heavy atom. The molecule has 0 aliphatic rings. The number of benzene rings is 1. The second-order valence-electron chi connectivity index (χ2n) is 3.47. The smallest absolute Gasteiger partial charge is 0.142 e. The highest BCUT2D eigenvalue weighted by Crippen LogP contribution is 2.22. The lowest BCUT2D eigenvalue weighted by atomic mass is 10.1. The maximum Gasteiger partial charge on any atom is 0.142 e. The van der Waals surface area contributed by atoms with Gasteiger partial charge >= 0.3 is 0 Å². The van der Waals surface area contributed by atoms with E-state index in [-0.39, 0.29) is 5.02 Å². The van der Waals surface area contributed by atoms with Gasteiger partial charge in [0.2, 0.25) is 0 Å². The largest absolute Gasteiger partial charge is 0.469 e. The molecule has 84 valence electrons. The first-order chi connectivity index (χ1) is 7.66. The van der Waals surface area contributed by atoms with Gasteiger partial charge in [0.15, 0.2) is 0 Å². The predicted molar refractivity (Wildman–Crippen MR) is 58.8 cm³/mol. The quantitative estimate of drug-likeness (QED) is 0.893. The van der Waals surface area contributed by atoms with Crippen LogP contribution in [0.1, 0.15) is 17.4 Å². The van der Waals surface area contributed by atoms with E-state index < -0.39 is 11.9 Å². The van der Waals surface area contributed by atoms with Gasteiger partial charge in [0.1, 0.15) is 11.6 Å². The molecule has 0 bridgehead atoms. The molecule has 0 saturated heterocycles. The van der Waals surface area contributed by atoms with Gasteiger partial charge in [-0.3, -0.25) is 0 Å². The summed E-state index contributed by atoms with van der Waals surface area (Å²) in [7, 11) is 0. The molecule has 0 aliphatic carbocycles. The topological polar surface area (TPSA) is 33.4 Å². The molecule has 0 amide bonds. The van der Waals surface area contributed by atoms with Crippen molar-refractivity contribution >= 4 is 11.6 Å². The van der Waals surface area contributed by atoms with Crippen LogP contribution in [0.5, 0.6) is 0 Å². The lowest BCUT2D eigenvalue weighted by Gasteiger charge is -2.09. The molecule has 2 aromatic rings. The Bertz CT molecular complexity index is 468. The van der Waals surface area contributed by atoms with E-state index in [0.29, 0.717) is 17.7 Å². The standard InChI is InChI=1S/C12H10ClFO2/c13-10-4-3-8(6-11(10)14)12(15)7-9-2-1-5-16-9/h1-6,12,15H,7H2. The number of rotatable bonds is 3. The van der Waals surface area contributed by atoms with Crippen LogP contribution in [-0.4, -0.2) is 5.11 Å². The van der Waals surface area contributed by atoms with E-state index in [0.717, 1.165) is 0 Å². The SMILES string of the molecule is OC(Cc1ccco1)c1ccc(Cl)c(F)c1. The molecule has 1 aromatic carbocycles. The van der Waals surface area contributed by atoms with Gasteiger partial charge in [0.05, 0.1) is 17.4 Å². The Morgan fingerprint density at radius 3 is 2.81 bits per heavy atom. The molecule has 0 fully saturated rings. The van der Waals surface area contributed by atoms with Crippen molar-refractivity contribution in [3.05, 3.63) is 58.8 Å². The minimum absolute atomic E-state index is 0.0500. The molecular weight excluding hydrogens is 231 g/mol. The molecule has 1 aromatic heterocycles. The summed E-state index contributed by atoms with van der Waals surface area (Å²) in [5.74, 6) is 0.125. The van der Waals surface area contributed by atoms with Crippen LogP contribution in [0.15, 0.2) is 41.0 Å². The third kappa shape index (κ3) is 2.43. The van der Waals surface area contributed by atoms with Crippen LogP contribution in [0.4, 0.5) is 4.39 Å². The van der Waals surface area contributed by atoms with Crippen molar-refractivity contribution < 1.29 is 13.9 Å². The molecule has 1 heterocycles. The minimum atomic E-state index is -0.794. The zero-order chi connectivity index (χ0) is 11.5. The predicted octanol–water partition coefficient (Wildman–Crippen LogP) is 3.35. The Hall–Kier alpha value is -1.32. The molecule has 0 aliphatic heterocycles. The molecule has 0 saturated carbocycles. The van der Waals surface area contributed by atoms with Crippen molar-refractivity contribution in [1.29, 1.82) is 0 Å². The van der Waals surface area contributed by atoms with Crippen LogP contribution in [-0.2, 0) is 6.42 Å². The monoisotopic (exact) mass is 240 g/mol. The van der Waals surface area contributed by atoms with Crippen molar-refractivity contribution in [2.45, 2.75) is 12.5 Å². The molecule has 1 N–H and O–H groups in total. The first kappa shape index (κ1) is 11.2. The number of aliphatic hydroxyl groups excluding tert-OH is 1. The second kappa shape index (κ2) is 4.68. The molecule has 0 radical (unpaired) electrons. The van der Waals surface area contributed by atoms with Gasteiger partial charge in [-0.05, 0) is 29.8 Å². The van der Waals surface area contributed by atoms with Gasteiger partial charge in [-0.25, -0.2) is 4.39 Å². The highest BCUT2D eigenvalue weighted by Gasteiger charge is 2.12. The van der Waals surface area contributed by atoms with E-state index in [9.17, 15) is 9.50 Å². The van der Waals surface area contributed by atoms with Crippen LogP contribution < -0.4 is 0 Å². The van der Waals surface area contributed by atoms with E-state index in [4.69, 9.17) is 16.0 Å². The third-order valence-corrected chi connectivity index (χ3v) is 2.61. The van der Waals surface area contributed by atoms with Crippen molar-refractivity contribution in [3.8, 4) is 0 Å². The van der Waals surface area contributed by atoms with Gasteiger partial charge in [-0.15, -0.1) is 0 Å². The second-order valence-corrected chi connectivity index (χ2v) is 3.88. The zero-order valence-corrected chi connectivity index (χ0v) is 9.12. The summed E-state index contributed by atoms with van der Waals surface area (Å²) < 4.78 is 18.3. The molecule has 2 nitrogen and oxygen atoms in total. The highest BCUT2D eigenvalue weighted by atomic mass is 35.5. The van der Waals surface area contributed by atoms with Crippen LogP contribution in [0.3, 0.4) is 0 Å². The van der Waals surface area contributed by atoms with Crippen molar-refractivity contribution in [2.24, 2.45) is 0 Å². The zero-order valence-electron chi connectivity index (χ0n) is 8.36. The van der Waals surface area contributed by atoms with Crippen LogP contribution >= 0.6 is 11.6 Å². The number of hydrogen-bond donors (Lipinski definition) is 1. The molecule has 0 spiro atoms. The van der Waals surface area contributed by atoms with E-state index in [2.05, 4.69) is 0 Å². The third-order valence-electron chi connectivity index (χ3n) is 2.30. The summed E-state index contributed by atoms with van der Waals surface area (Å²) in [5, 5.41) is 9.89. The van der Waals surface area contributed by atoms with E-state index in [1.165, 1.54) is 18.4 Å². The van der Waals surface area contributed by atoms with Gasteiger partial charge < -0.3 is 9.52 Å². The van der Waals surface area contributed by atoms with Crippen LogP contribution in [0, 0.1) is 5.82 Å². The number of aliphatic hydroxyl groups is 1. The summed E-state index contributed by atoms with van der Waals surface area (Å²) in [6.07, 6.45) is 1.05. The fourth-order valence-electron chi connectivity index (χ4n) is 1.46. The van der Waals surface area contributed by atoms with Crippen LogP contribution in [0.25, 0.3) is 0 Å². The lowest BCUT2D eigenvalue weighted by molar-refractivity contribution is 0.170. The number of halogens is 2. The van der Waals surface area contributed by atoms with Gasteiger partial charge in [-0.1, -0.05) is 17.7 Å². The summed E-state index contributed by atoms with van der Waals surface area (Å²) in [4.78, 5) is 0. The Labute approximate surface area is 97.3 Å². The Kier molecular flexibility index (Phi) is 3.27. The van der Waals surface area contributed by atoms with E-state index in [1.54, 1.807) is 18.2 Å². The summed E-state index contributed by atoms with van der Waals surface area (Å²) in [6.45, 7) is 0. The van der Waals surface area contributed by atoms with Crippen molar-refractivity contribution in [3.63, 3.8) is 0 Å². The molecule has 1 atom stereocenters. The first-order valence-corrected chi connectivity index (χ1v) is 5.20.